The molecule has 2 atom stereocenters. The number of amides is 2. The summed E-state index contributed by atoms with van der Waals surface area (Å²) < 4.78 is 30.8. The van der Waals surface area contributed by atoms with Crippen LogP contribution in [0.15, 0.2) is 36.4 Å². The summed E-state index contributed by atoms with van der Waals surface area (Å²) >= 11 is 1.17. The third-order valence-electron chi connectivity index (χ3n) is 5.83. The van der Waals surface area contributed by atoms with Crippen molar-refractivity contribution in [3.8, 4) is 10.8 Å². The quantitative estimate of drug-likeness (QED) is 0.721. The number of thiophene rings is 1. The highest BCUT2D eigenvalue weighted by atomic mass is 32.1. The van der Waals surface area contributed by atoms with Crippen molar-refractivity contribution in [3.63, 3.8) is 0 Å². The van der Waals surface area contributed by atoms with Crippen LogP contribution in [0.1, 0.15) is 29.4 Å². The number of hydrogen-bond acceptors (Lipinski definition) is 5. The largest absolute Gasteiger partial charge is 0.444 e. The second-order valence-electron chi connectivity index (χ2n) is 7.62. The van der Waals surface area contributed by atoms with Gasteiger partial charge in [-0.3, -0.25) is 14.5 Å². The summed E-state index contributed by atoms with van der Waals surface area (Å²) in [6.45, 7) is 4.34. The standard InChI is InChI=1S/C21H23F2N3O3S/c1-12-18(13-8-10-26(12)11-9-13)25-20(27)16-6-7-17(30-16)29-15-5-3-2-4-14(15)24-21(28)19(22)23/h2-7,12-13,18-19H,8-11H2,1H3,(H,24,28)(H,25,27)/t12-,18-/m0/s1. The molecule has 6 nitrogen and oxygen atoms in total. The molecule has 30 heavy (non-hydrogen) atoms. The monoisotopic (exact) mass is 435 g/mol. The molecule has 9 heteroatoms. The van der Waals surface area contributed by atoms with Gasteiger partial charge in [0.1, 0.15) is 0 Å². The fourth-order valence-corrected chi connectivity index (χ4v) is 4.99. The minimum absolute atomic E-state index is 0.136. The average molecular weight is 435 g/mol. The van der Waals surface area contributed by atoms with Crippen LogP contribution in [-0.4, -0.2) is 48.3 Å². The Morgan fingerprint density at radius 1 is 1.17 bits per heavy atom. The molecule has 0 saturated carbocycles. The Kier molecular flexibility index (Phi) is 6.01. The van der Waals surface area contributed by atoms with E-state index in [2.05, 4.69) is 22.5 Å². The van der Waals surface area contributed by atoms with E-state index in [-0.39, 0.29) is 23.4 Å². The molecule has 4 heterocycles. The molecule has 160 valence electrons. The van der Waals surface area contributed by atoms with Crippen LogP contribution in [0.4, 0.5) is 14.5 Å². The molecular weight excluding hydrogens is 412 g/mol. The van der Waals surface area contributed by atoms with Gasteiger partial charge in [0.15, 0.2) is 10.8 Å². The smallest absolute Gasteiger partial charge is 0.315 e. The normalized spacial score (nSPS) is 25.2. The minimum Gasteiger partial charge on any atom is -0.444 e. The summed E-state index contributed by atoms with van der Waals surface area (Å²) in [5.74, 6) is -0.801. The highest BCUT2D eigenvalue weighted by Gasteiger charge is 2.40. The lowest BCUT2D eigenvalue weighted by Gasteiger charge is -2.49. The first-order valence-corrected chi connectivity index (χ1v) is 10.7. The molecule has 2 bridgehead atoms. The molecule has 1 aromatic carbocycles. The van der Waals surface area contributed by atoms with Crippen molar-refractivity contribution >= 4 is 28.8 Å². The van der Waals surface area contributed by atoms with Gasteiger partial charge in [0.05, 0.1) is 10.6 Å². The molecule has 3 aliphatic heterocycles. The Bertz CT molecular complexity index is 926. The van der Waals surface area contributed by atoms with Crippen molar-refractivity contribution in [2.24, 2.45) is 5.92 Å². The van der Waals surface area contributed by atoms with Crippen LogP contribution in [0.25, 0.3) is 0 Å². The summed E-state index contributed by atoms with van der Waals surface area (Å²) in [6.07, 6.45) is -0.909. The first-order chi connectivity index (χ1) is 14.4. The predicted octanol–water partition coefficient (Wildman–Crippen LogP) is 3.96. The van der Waals surface area contributed by atoms with E-state index >= 15 is 0 Å². The Morgan fingerprint density at radius 3 is 2.60 bits per heavy atom. The molecule has 3 saturated heterocycles. The molecule has 2 amide bonds. The van der Waals surface area contributed by atoms with E-state index in [0.29, 0.717) is 21.9 Å². The number of hydrogen-bond donors (Lipinski definition) is 2. The van der Waals surface area contributed by atoms with E-state index in [1.54, 1.807) is 30.3 Å². The van der Waals surface area contributed by atoms with Gasteiger partial charge in [0.25, 0.3) is 11.8 Å². The molecule has 0 radical (unpaired) electrons. The van der Waals surface area contributed by atoms with E-state index in [9.17, 15) is 18.4 Å². The lowest BCUT2D eigenvalue weighted by Crippen LogP contribution is -2.62. The molecule has 3 aliphatic rings. The van der Waals surface area contributed by atoms with Crippen molar-refractivity contribution in [1.29, 1.82) is 0 Å². The van der Waals surface area contributed by atoms with E-state index in [0.717, 1.165) is 25.9 Å². The molecule has 2 N–H and O–H groups in total. The first-order valence-electron chi connectivity index (χ1n) is 9.93. The van der Waals surface area contributed by atoms with Crippen molar-refractivity contribution < 1.29 is 23.1 Å². The Balaban J connectivity index is 1.42. The molecule has 0 aliphatic carbocycles. The highest BCUT2D eigenvalue weighted by molar-refractivity contribution is 7.15. The van der Waals surface area contributed by atoms with Crippen molar-refractivity contribution in [2.75, 3.05) is 18.4 Å². The Hall–Kier alpha value is -2.52. The lowest BCUT2D eigenvalue weighted by molar-refractivity contribution is -0.126. The number of piperidine rings is 3. The van der Waals surface area contributed by atoms with Gasteiger partial charge in [-0.05, 0) is 63.0 Å². The van der Waals surface area contributed by atoms with Gasteiger partial charge in [-0.2, -0.15) is 8.78 Å². The van der Waals surface area contributed by atoms with E-state index in [4.69, 9.17) is 4.74 Å². The lowest BCUT2D eigenvalue weighted by atomic mass is 9.79. The molecule has 2 aromatic rings. The van der Waals surface area contributed by atoms with Crippen LogP contribution in [0.3, 0.4) is 0 Å². The Labute approximate surface area is 177 Å². The number of para-hydroxylation sites is 2. The number of ether oxygens (including phenoxy) is 1. The minimum atomic E-state index is -3.12. The maximum atomic E-state index is 12.8. The van der Waals surface area contributed by atoms with Crippen LogP contribution in [0.5, 0.6) is 10.8 Å². The summed E-state index contributed by atoms with van der Waals surface area (Å²) in [7, 11) is 0. The first kappa shape index (κ1) is 20.7. The summed E-state index contributed by atoms with van der Waals surface area (Å²) in [5, 5.41) is 5.75. The van der Waals surface area contributed by atoms with E-state index < -0.39 is 12.3 Å². The molecule has 0 unspecified atom stereocenters. The zero-order valence-electron chi connectivity index (χ0n) is 16.4. The summed E-state index contributed by atoms with van der Waals surface area (Å²) in [6, 6.07) is 10.1. The Morgan fingerprint density at radius 2 is 1.90 bits per heavy atom. The van der Waals surface area contributed by atoms with Crippen LogP contribution in [0.2, 0.25) is 0 Å². The SMILES string of the molecule is C[C@H]1[C@H](NC(=O)c2ccc(Oc3ccccc3NC(=O)C(F)F)s2)C2CCN1CC2. The van der Waals surface area contributed by atoms with Gasteiger partial charge in [-0.1, -0.05) is 23.5 Å². The van der Waals surface area contributed by atoms with Crippen molar-refractivity contribution in [1.82, 2.24) is 10.2 Å². The van der Waals surface area contributed by atoms with Crippen LogP contribution in [-0.2, 0) is 4.79 Å². The van der Waals surface area contributed by atoms with E-state index in [1.807, 2.05) is 0 Å². The molecule has 5 rings (SSSR count). The highest BCUT2D eigenvalue weighted by Crippen LogP contribution is 2.35. The second kappa shape index (κ2) is 8.69. The number of carbonyl (C=O) groups excluding carboxylic acids is 2. The van der Waals surface area contributed by atoms with Gasteiger partial charge >= 0.3 is 6.43 Å². The molecule has 1 aromatic heterocycles. The third-order valence-corrected chi connectivity index (χ3v) is 6.80. The number of nitrogens with one attached hydrogen (secondary N) is 2. The number of anilines is 1. The van der Waals surface area contributed by atoms with Gasteiger partial charge < -0.3 is 15.4 Å². The maximum Gasteiger partial charge on any atom is 0.315 e. The fraction of sp³-hybridized carbons (Fsp3) is 0.429. The zero-order valence-corrected chi connectivity index (χ0v) is 17.3. The predicted molar refractivity (Wildman–Crippen MR) is 110 cm³/mol. The number of carbonyl (C=O) groups is 2. The number of fused-ring (bicyclic) bond motifs is 3. The number of nitrogens with zero attached hydrogens (tertiary/aromatic N) is 1. The fourth-order valence-electron chi connectivity index (χ4n) is 4.22. The van der Waals surface area contributed by atoms with Gasteiger partial charge in [0, 0.05) is 12.1 Å². The van der Waals surface area contributed by atoms with Gasteiger partial charge in [0.2, 0.25) is 0 Å². The molecule has 0 spiro atoms. The van der Waals surface area contributed by atoms with E-state index in [1.165, 1.54) is 17.4 Å². The number of halogens is 2. The van der Waals surface area contributed by atoms with Crippen molar-refractivity contribution in [3.05, 3.63) is 41.3 Å². The average Bonchev–Trinajstić information content (AvgIpc) is 3.21. The topological polar surface area (TPSA) is 70.7 Å². The second-order valence-corrected chi connectivity index (χ2v) is 8.67. The number of alkyl halides is 2. The van der Waals surface area contributed by atoms with Crippen LogP contribution >= 0.6 is 11.3 Å². The molecule has 3 fully saturated rings. The maximum absolute atomic E-state index is 12.8. The van der Waals surface area contributed by atoms with Crippen molar-refractivity contribution in [2.45, 2.75) is 38.3 Å². The van der Waals surface area contributed by atoms with Gasteiger partial charge in [-0.25, -0.2) is 0 Å². The van der Waals surface area contributed by atoms with Crippen LogP contribution in [0, 0.1) is 5.92 Å². The van der Waals surface area contributed by atoms with Gasteiger partial charge in [-0.15, -0.1) is 0 Å². The number of benzene rings is 1. The summed E-state index contributed by atoms with van der Waals surface area (Å²) in [4.78, 5) is 27.0. The zero-order chi connectivity index (χ0) is 21.3. The molecular formula is C21H23F2N3O3S. The number of rotatable bonds is 6. The summed E-state index contributed by atoms with van der Waals surface area (Å²) in [5.41, 5.74) is 0.142. The van der Waals surface area contributed by atoms with Crippen LogP contribution < -0.4 is 15.4 Å². The third kappa shape index (κ3) is 4.32.